The quantitative estimate of drug-likeness (QED) is 0.580. The highest BCUT2D eigenvalue weighted by atomic mass is 16.5. The first-order valence-corrected chi connectivity index (χ1v) is 9.11. The molecule has 1 N–H and O–H groups in total. The molecule has 7 heteroatoms. The van der Waals surface area contributed by atoms with Crippen molar-refractivity contribution in [1.29, 1.82) is 5.26 Å². The zero-order valence-electron chi connectivity index (χ0n) is 15.2. The number of amides is 1. The predicted octanol–water partition coefficient (Wildman–Crippen LogP) is 3.96. The fourth-order valence-corrected chi connectivity index (χ4v) is 3.81. The second kappa shape index (κ2) is 6.77. The molecule has 1 aliphatic carbocycles. The van der Waals surface area contributed by atoms with Crippen LogP contribution < -0.4 is 5.32 Å². The van der Waals surface area contributed by atoms with Gasteiger partial charge in [-0.05, 0) is 22.3 Å². The van der Waals surface area contributed by atoms with Crippen LogP contribution in [0.3, 0.4) is 0 Å². The van der Waals surface area contributed by atoms with E-state index < -0.39 is 6.09 Å². The van der Waals surface area contributed by atoms with Crippen molar-refractivity contribution in [3.63, 3.8) is 0 Å². The zero-order chi connectivity index (χ0) is 19.8. The van der Waals surface area contributed by atoms with Gasteiger partial charge in [-0.25, -0.2) is 9.78 Å². The van der Waals surface area contributed by atoms with E-state index in [0.717, 1.165) is 22.3 Å². The van der Waals surface area contributed by atoms with E-state index in [2.05, 4.69) is 39.7 Å². The molecule has 0 fully saturated rings. The molecule has 0 saturated heterocycles. The average Bonchev–Trinajstić information content (AvgIpc) is 3.35. The molecule has 0 radical (unpaired) electrons. The maximum atomic E-state index is 12.5. The Hall–Kier alpha value is -4.18. The highest BCUT2D eigenvalue weighted by molar-refractivity contribution is 5.86. The van der Waals surface area contributed by atoms with Gasteiger partial charge in [0.15, 0.2) is 11.5 Å². The Morgan fingerprint density at radius 3 is 2.48 bits per heavy atom. The summed E-state index contributed by atoms with van der Waals surface area (Å²) in [6, 6.07) is 20.0. The molecule has 0 aliphatic heterocycles. The van der Waals surface area contributed by atoms with Crippen LogP contribution >= 0.6 is 0 Å². The molecular weight excluding hydrogens is 366 g/mol. The van der Waals surface area contributed by atoms with Gasteiger partial charge in [0.25, 0.3) is 0 Å². The summed E-state index contributed by atoms with van der Waals surface area (Å²) in [7, 11) is 0. The number of rotatable bonds is 3. The molecule has 0 bridgehead atoms. The molecule has 0 spiro atoms. The van der Waals surface area contributed by atoms with E-state index >= 15 is 0 Å². The van der Waals surface area contributed by atoms with E-state index in [9.17, 15) is 10.1 Å². The maximum absolute atomic E-state index is 12.5. The summed E-state index contributed by atoms with van der Waals surface area (Å²) in [4.78, 5) is 16.6. The van der Waals surface area contributed by atoms with Crippen molar-refractivity contribution in [1.82, 2.24) is 14.6 Å². The SMILES string of the molecule is N#Cc1cnc2ccnn2c1NC(=O)OCC1c2ccccc2-c2ccccc21. The van der Waals surface area contributed by atoms with Crippen molar-refractivity contribution in [3.05, 3.63) is 83.7 Å². The van der Waals surface area contributed by atoms with E-state index in [1.807, 2.05) is 30.3 Å². The minimum Gasteiger partial charge on any atom is -0.448 e. The summed E-state index contributed by atoms with van der Waals surface area (Å²) in [5.74, 6) is 0.200. The van der Waals surface area contributed by atoms with Gasteiger partial charge in [0, 0.05) is 12.0 Å². The van der Waals surface area contributed by atoms with Gasteiger partial charge in [-0.1, -0.05) is 48.5 Å². The van der Waals surface area contributed by atoms with Crippen molar-refractivity contribution in [2.75, 3.05) is 11.9 Å². The Morgan fingerprint density at radius 1 is 1.10 bits per heavy atom. The van der Waals surface area contributed by atoms with Crippen molar-refractivity contribution in [2.45, 2.75) is 5.92 Å². The largest absolute Gasteiger partial charge is 0.448 e. The Kier molecular flexibility index (Phi) is 3.96. The van der Waals surface area contributed by atoms with E-state index in [4.69, 9.17) is 4.74 Å². The van der Waals surface area contributed by atoms with E-state index in [1.54, 1.807) is 12.3 Å². The van der Waals surface area contributed by atoms with Gasteiger partial charge >= 0.3 is 6.09 Å². The molecule has 1 aliphatic rings. The van der Waals surface area contributed by atoms with Crippen LogP contribution in [0.4, 0.5) is 10.6 Å². The number of anilines is 1. The topological polar surface area (TPSA) is 92.3 Å². The molecule has 5 rings (SSSR count). The number of carbonyl (C=O) groups excluding carboxylic acids is 1. The zero-order valence-corrected chi connectivity index (χ0v) is 15.2. The summed E-state index contributed by atoms with van der Waals surface area (Å²) < 4.78 is 6.95. The third-order valence-corrected chi connectivity index (χ3v) is 5.10. The molecular formula is C22H15N5O2. The van der Waals surface area contributed by atoms with Gasteiger partial charge in [-0.15, -0.1) is 0 Å². The van der Waals surface area contributed by atoms with Gasteiger partial charge in [0.2, 0.25) is 0 Å². The number of hydrogen-bond donors (Lipinski definition) is 1. The Bertz CT molecular complexity index is 1240. The fourth-order valence-electron chi connectivity index (χ4n) is 3.81. The maximum Gasteiger partial charge on any atom is 0.412 e. The third-order valence-electron chi connectivity index (χ3n) is 5.10. The molecule has 2 heterocycles. The number of carbonyl (C=O) groups is 1. The first kappa shape index (κ1) is 17.0. The van der Waals surface area contributed by atoms with Crippen LogP contribution in [0.2, 0.25) is 0 Å². The standard InChI is InChI=1S/C22H15N5O2/c23-11-14-12-24-20-9-10-25-27(20)21(14)26-22(28)29-13-19-17-7-3-1-5-15(17)16-6-2-4-8-18(16)19/h1-10,12,19H,13H2,(H,26,28). The van der Waals surface area contributed by atoms with Gasteiger partial charge in [0.1, 0.15) is 18.2 Å². The summed E-state index contributed by atoms with van der Waals surface area (Å²) in [6.45, 7) is 0.190. The van der Waals surface area contributed by atoms with Gasteiger partial charge in [-0.3, -0.25) is 5.32 Å². The summed E-state index contributed by atoms with van der Waals surface area (Å²) in [5.41, 5.74) is 5.33. The van der Waals surface area contributed by atoms with Crippen LogP contribution in [0.25, 0.3) is 16.8 Å². The van der Waals surface area contributed by atoms with Gasteiger partial charge in [-0.2, -0.15) is 14.9 Å². The number of ether oxygens (including phenoxy) is 1. The first-order valence-electron chi connectivity index (χ1n) is 9.11. The Labute approximate surface area is 166 Å². The van der Waals surface area contributed by atoms with Crippen LogP contribution in [-0.4, -0.2) is 27.3 Å². The van der Waals surface area contributed by atoms with Crippen LogP contribution in [-0.2, 0) is 4.74 Å². The number of nitrogens with one attached hydrogen (secondary N) is 1. The number of aromatic nitrogens is 3. The molecule has 29 heavy (non-hydrogen) atoms. The highest BCUT2D eigenvalue weighted by Crippen LogP contribution is 2.44. The van der Waals surface area contributed by atoms with Gasteiger partial charge in [0.05, 0.1) is 12.4 Å². The number of nitriles is 1. The lowest BCUT2D eigenvalue weighted by Crippen LogP contribution is -2.20. The van der Waals surface area contributed by atoms with Crippen molar-refractivity contribution in [2.24, 2.45) is 0 Å². The first-order chi connectivity index (χ1) is 14.3. The molecule has 2 aromatic heterocycles. The molecule has 1 amide bonds. The Balaban J connectivity index is 1.39. The monoisotopic (exact) mass is 381 g/mol. The van der Waals surface area contributed by atoms with Crippen molar-refractivity contribution >= 4 is 17.6 Å². The Morgan fingerprint density at radius 2 is 1.79 bits per heavy atom. The minimum atomic E-state index is -0.647. The highest BCUT2D eigenvalue weighted by Gasteiger charge is 2.29. The van der Waals surface area contributed by atoms with E-state index in [-0.39, 0.29) is 23.9 Å². The number of fused-ring (bicyclic) bond motifs is 4. The molecule has 2 aromatic carbocycles. The molecule has 140 valence electrons. The van der Waals surface area contributed by atoms with Crippen LogP contribution in [0.1, 0.15) is 22.6 Å². The molecule has 4 aromatic rings. The smallest absolute Gasteiger partial charge is 0.412 e. The predicted molar refractivity (Wildman–Crippen MR) is 106 cm³/mol. The summed E-state index contributed by atoms with van der Waals surface area (Å²) in [5, 5.41) is 16.1. The fraction of sp³-hybridized carbons (Fsp3) is 0.0909. The second-order valence-electron chi connectivity index (χ2n) is 6.68. The van der Waals surface area contributed by atoms with Crippen molar-refractivity contribution < 1.29 is 9.53 Å². The molecule has 0 saturated carbocycles. The van der Waals surface area contributed by atoms with E-state index in [0.29, 0.717) is 5.65 Å². The lowest BCUT2D eigenvalue weighted by molar-refractivity contribution is 0.158. The van der Waals surface area contributed by atoms with Gasteiger partial charge < -0.3 is 4.74 Å². The lowest BCUT2D eigenvalue weighted by atomic mass is 9.98. The summed E-state index contributed by atoms with van der Waals surface area (Å²) >= 11 is 0. The number of nitrogens with zero attached hydrogens (tertiary/aromatic N) is 4. The minimum absolute atomic E-state index is 0.0363. The molecule has 0 atom stereocenters. The lowest BCUT2D eigenvalue weighted by Gasteiger charge is -2.15. The second-order valence-corrected chi connectivity index (χ2v) is 6.68. The number of benzene rings is 2. The third kappa shape index (κ3) is 2.78. The van der Waals surface area contributed by atoms with Crippen molar-refractivity contribution in [3.8, 4) is 17.2 Å². The molecule has 0 unspecified atom stereocenters. The molecule has 7 nitrogen and oxygen atoms in total. The summed E-state index contributed by atoms with van der Waals surface area (Å²) in [6.07, 6.45) is 2.30. The van der Waals surface area contributed by atoms with Crippen LogP contribution in [0, 0.1) is 11.3 Å². The van der Waals surface area contributed by atoms with Crippen LogP contribution in [0.15, 0.2) is 67.0 Å². The van der Waals surface area contributed by atoms with Crippen LogP contribution in [0.5, 0.6) is 0 Å². The number of hydrogen-bond acceptors (Lipinski definition) is 5. The normalized spacial score (nSPS) is 12.2. The van der Waals surface area contributed by atoms with E-state index in [1.165, 1.54) is 10.7 Å². The average molecular weight is 381 g/mol.